The first kappa shape index (κ1) is 13.2. The van der Waals surface area contributed by atoms with Crippen molar-refractivity contribution in [1.29, 1.82) is 0 Å². The van der Waals surface area contributed by atoms with Crippen molar-refractivity contribution >= 4 is 8.32 Å². The van der Waals surface area contributed by atoms with Gasteiger partial charge in [0.2, 0.25) is 0 Å². The van der Waals surface area contributed by atoms with Crippen LogP contribution in [-0.4, -0.2) is 14.9 Å². The number of hydrogen-bond acceptors (Lipinski definition) is 1. The monoisotopic (exact) mass is 202 g/mol. The van der Waals surface area contributed by atoms with E-state index in [1.165, 1.54) is 37.8 Å². The van der Waals surface area contributed by atoms with Crippen molar-refractivity contribution in [2.45, 2.75) is 65.1 Å². The van der Waals surface area contributed by atoms with Gasteiger partial charge in [0.25, 0.3) is 0 Å². The summed E-state index contributed by atoms with van der Waals surface area (Å²) in [5, 5.41) is 0. The maximum Gasteiger partial charge on any atom is 0.189 e. The highest BCUT2D eigenvalue weighted by Crippen LogP contribution is 2.22. The minimum atomic E-state index is -1.29. The summed E-state index contributed by atoms with van der Waals surface area (Å²) >= 11 is 0. The van der Waals surface area contributed by atoms with Crippen molar-refractivity contribution in [3.63, 3.8) is 0 Å². The average molecular weight is 202 g/mol. The summed E-state index contributed by atoms with van der Waals surface area (Å²) in [6, 6.07) is 2.72. The minimum Gasteiger partial charge on any atom is -0.417 e. The van der Waals surface area contributed by atoms with Crippen molar-refractivity contribution < 1.29 is 4.43 Å². The van der Waals surface area contributed by atoms with Crippen LogP contribution in [-0.2, 0) is 4.43 Å². The van der Waals surface area contributed by atoms with E-state index < -0.39 is 8.32 Å². The highest BCUT2D eigenvalue weighted by Gasteiger charge is 2.26. The van der Waals surface area contributed by atoms with Crippen LogP contribution in [0.3, 0.4) is 0 Å². The molecule has 80 valence electrons. The van der Waals surface area contributed by atoms with E-state index in [2.05, 4.69) is 27.3 Å². The van der Waals surface area contributed by atoms with E-state index in [9.17, 15) is 0 Å². The first-order valence-electron chi connectivity index (χ1n) is 5.82. The summed E-state index contributed by atoms with van der Waals surface area (Å²) in [5.41, 5.74) is 0. The van der Waals surface area contributed by atoms with Gasteiger partial charge in [0, 0.05) is 6.61 Å². The molecule has 0 aromatic rings. The molecule has 0 aromatic heterocycles. The Hall–Kier alpha value is 0.177. The maximum absolute atomic E-state index is 5.97. The fourth-order valence-corrected chi connectivity index (χ4v) is 5.16. The van der Waals surface area contributed by atoms with Crippen LogP contribution in [0.25, 0.3) is 0 Å². The van der Waals surface area contributed by atoms with Gasteiger partial charge in [-0.25, -0.2) is 0 Å². The molecule has 0 aromatic carbocycles. The molecule has 0 radical (unpaired) electrons. The summed E-state index contributed by atoms with van der Waals surface area (Å²) in [7, 11) is -1.29. The van der Waals surface area contributed by atoms with Gasteiger partial charge in [0.1, 0.15) is 0 Å². The van der Waals surface area contributed by atoms with E-state index in [4.69, 9.17) is 4.43 Å². The van der Waals surface area contributed by atoms with Gasteiger partial charge < -0.3 is 4.43 Å². The predicted octanol–water partition coefficient (Wildman–Crippen LogP) is 4.20. The summed E-state index contributed by atoms with van der Waals surface area (Å²) in [5.74, 6) is 0. The lowest BCUT2D eigenvalue weighted by atomic mass is 10.4. The third-order valence-electron chi connectivity index (χ3n) is 2.61. The van der Waals surface area contributed by atoms with Crippen molar-refractivity contribution in [2.24, 2.45) is 0 Å². The number of hydrogen-bond donors (Lipinski definition) is 0. The predicted molar refractivity (Wildman–Crippen MR) is 62.7 cm³/mol. The zero-order valence-electron chi connectivity index (χ0n) is 9.86. The van der Waals surface area contributed by atoms with Gasteiger partial charge in [-0.15, -0.1) is 0 Å². The Kier molecular flexibility index (Phi) is 7.67. The van der Waals surface area contributed by atoms with Crippen LogP contribution in [0.4, 0.5) is 0 Å². The van der Waals surface area contributed by atoms with E-state index in [1.54, 1.807) is 0 Å². The van der Waals surface area contributed by atoms with Crippen LogP contribution in [0.1, 0.15) is 46.5 Å². The second kappa shape index (κ2) is 7.57. The van der Waals surface area contributed by atoms with E-state index >= 15 is 0 Å². The zero-order valence-corrected chi connectivity index (χ0v) is 10.9. The van der Waals surface area contributed by atoms with Gasteiger partial charge in [-0.05, 0) is 25.6 Å². The van der Waals surface area contributed by atoms with Gasteiger partial charge in [-0.2, -0.15) is 0 Å². The molecule has 0 aliphatic rings. The molecule has 0 unspecified atom stereocenters. The molecule has 2 heteroatoms. The molecule has 0 amide bonds. The van der Waals surface area contributed by atoms with Gasteiger partial charge in [-0.1, -0.05) is 39.5 Å². The van der Waals surface area contributed by atoms with Crippen LogP contribution in [0.5, 0.6) is 0 Å². The minimum absolute atomic E-state index is 0.913. The second-order valence-electron chi connectivity index (χ2n) is 4.09. The van der Waals surface area contributed by atoms with Crippen molar-refractivity contribution in [3.8, 4) is 0 Å². The van der Waals surface area contributed by atoms with E-state index in [1.807, 2.05) is 0 Å². The Labute approximate surface area is 85.0 Å². The lowest BCUT2D eigenvalue weighted by Crippen LogP contribution is -2.34. The summed E-state index contributed by atoms with van der Waals surface area (Å²) < 4.78 is 5.97. The fourth-order valence-electron chi connectivity index (χ4n) is 1.72. The highest BCUT2D eigenvalue weighted by molar-refractivity contribution is 6.72. The SMILES string of the molecule is CCCC[Si](C)(CCCC)OCC. The Morgan fingerprint density at radius 1 is 0.923 bits per heavy atom. The number of rotatable bonds is 8. The molecule has 1 nitrogen and oxygen atoms in total. The molecule has 0 saturated heterocycles. The summed E-state index contributed by atoms with van der Waals surface area (Å²) in [4.78, 5) is 0. The van der Waals surface area contributed by atoms with Crippen LogP contribution >= 0.6 is 0 Å². The van der Waals surface area contributed by atoms with Crippen LogP contribution < -0.4 is 0 Å². The van der Waals surface area contributed by atoms with E-state index in [-0.39, 0.29) is 0 Å². The van der Waals surface area contributed by atoms with E-state index in [0.29, 0.717) is 0 Å². The van der Waals surface area contributed by atoms with Gasteiger partial charge in [0.15, 0.2) is 8.32 Å². The normalized spacial score (nSPS) is 12.0. The smallest absolute Gasteiger partial charge is 0.189 e. The lowest BCUT2D eigenvalue weighted by Gasteiger charge is -2.26. The molecule has 0 saturated carbocycles. The Balaban J connectivity index is 3.84. The molecule has 0 heterocycles. The van der Waals surface area contributed by atoms with Crippen molar-refractivity contribution in [1.82, 2.24) is 0 Å². The molecule has 0 aliphatic carbocycles. The zero-order chi connectivity index (χ0) is 10.2. The van der Waals surface area contributed by atoms with Gasteiger partial charge >= 0.3 is 0 Å². The van der Waals surface area contributed by atoms with E-state index in [0.717, 1.165) is 6.61 Å². The Bertz CT molecular complexity index is 107. The molecule has 0 fully saturated rings. The fraction of sp³-hybridized carbons (Fsp3) is 1.00. The van der Waals surface area contributed by atoms with Crippen LogP contribution in [0.15, 0.2) is 0 Å². The lowest BCUT2D eigenvalue weighted by molar-refractivity contribution is 0.321. The van der Waals surface area contributed by atoms with Crippen molar-refractivity contribution in [3.05, 3.63) is 0 Å². The van der Waals surface area contributed by atoms with Crippen molar-refractivity contribution in [2.75, 3.05) is 6.61 Å². The molecule has 13 heavy (non-hydrogen) atoms. The molecule has 0 bridgehead atoms. The molecular formula is C11H26OSi. The molecule has 0 N–H and O–H groups in total. The summed E-state index contributed by atoms with van der Waals surface area (Å²) in [6.07, 6.45) is 5.32. The second-order valence-corrected chi connectivity index (χ2v) is 8.28. The van der Waals surface area contributed by atoms with Gasteiger partial charge in [0.05, 0.1) is 0 Å². The topological polar surface area (TPSA) is 9.23 Å². The molecular weight excluding hydrogens is 176 g/mol. The molecule has 0 rings (SSSR count). The third kappa shape index (κ3) is 6.27. The average Bonchev–Trinajstić information content (AvgIpc) is 2.12. The maximum atomic E-state index is 5.97. The third-order valence-corrected chi connectivity index (χ3v) is 6.42. The van der Waals surface area contributed by atoms with Crippen LogP contribution in [0, 0.1) is 0 Å². The van der Waals surface area contributed by atoms with Crippen LogP contribution in [0.2, 0.25) is 18.6 Å². The van der Waals surface area contributed by atoms with Gasteiger partial charge in [-0.3, -0.25) is 0 Å². The molecule has 0 aliphatic heterocycles. The Morgan fingerprint density at radius 3 is 1.69 bits per heavy atom. The highest BCUT2D eigenvalue weighted by atomic mass is 28.4. The standard InChI is InChI=1S/C11H26OSi/c1-5-8-10-13(4,12-7-3)11-9-6-2/h5-11H2,1-4H3. The summed E-state index contributed by atoms with van der Waals surface area (Å²) in [6.45, 7) is 9.97. The quantitative estimate of drug-likeness (QED) is 0.536. The largest absolute Gasteiger partial charge is 0.417 e. The first-order chi connectivity index (χ1) is 6.18. The molecule has 0 spiro atoms. The number of unbranched alkanes of at least 4 members (excludes halogenated alkanes) is 2. The molecule has 0 atom stereocenters. The Morgan fingerprint density at radius 2 is 1.38 bits per heavy atom. The first-order valence-corrected chi connectivity index (χ1v) is 8.64.